The summed E-state index contributed by atoms with van der Waals surface area (Å²) >= 11 is 1.95. The molecule has 0 bridgehead atoms. The van der Waals surface area contributed by atoms with E-state index in [4.69, 9.17) is 0 Å². The van der Waals surface area contributed by atoms with Crippen LogP contribution in [0.15, 0.2) is 30.3 Å². The summed E-state index contributed by atoms with van der Waals surface area (Å²) in [6.45, 7) is 0. The Morgan fingerprint density at radius 3 is 2.46 bits per heavy atom. The van der Waals surface area contributed by atoms with Crippen LogP contribution >= 0.6 is 11.8 Å². The van der Waals surface area contributed by atoms with Crippen LogP contribution in [0, 0.1) is 0 Å². The monoisotopic (exact) mass is 194 g/mol. The Kier molecular flexibility index (Phi) is 5.75. The summed E-state index contributed by atoms with van der Waals surface area (Å²) in [6, 6.07) is 10.8. The van der Waals surface area contributed by atoms with E-state index in [0.717, 1.165) is 0 Å². The van der Waals surface area contributed by atoms with Crippen molar-refractivity contribution in [1.29, 1.82) is 0 Å². The Morgan fingerprint density at radius 2 is 1.77 bits per heavy atom. The minimum absolute atomic E-state index is 1.25. The van der Waals surface area contributed by atoms with Gasteiger partial charge in [0.1, 0.15) is 0 Å². The Labute approximate surface area is 85.7 Å². The highest BCUT2D eigenvalue weighted by Gasteiger charge is 1.91. The Bertz CT molecular complexity index is 206. The largest absolute Gasteiger partial charge is 0.165 e. The van der Waals surface area contributed by atoms with Crippen molar-refractivity contribution in [2.75, 3.05) is 12.0 Å². The summed E-state index contributed by atoms with van der Waals surface area (Å²) in [5, 5.41) is 0. The van der Waals surface area contributed by atoms with Crippen molar-refractivity contribution < 1.29 is 0 Å². The first-order valence-corrected chi connectivity index (χ1v) is 6.36. The van der Waals surface area contributed by atoms with Gasteiger partial charge in [-0.3, -0.25) is 0 Å². The van der Waals surface area contributed by atoms with Crippen molar-refractivity contribution in [2.24, 2.45) is 0 Å². The van der Waals surface area contributed by atoms with Gasteiger partial charge in [0.05, 0.1) is 0 Å². The van der Waals surface area contributed by atoms with E-state index in [1.54, 1.807) is 0 Å². The van der Waals surface area contributed by atoms with Crippen molar-refractivity contribution in [3.63, 3.8) is 0 Å². The minimum Gasteiger partial charge on any atom is -0.165 e. The van der Waals surface area contributed by atoms with Gasteiger partial charge in [0.15, 0.2) is 0 Å². The van der Waals surface area contributed by atoms with Crippen LogP contribution in [0.4, 0.5) is 0 Å². The SMILES string of the molecule is CSCCCCCc1ccccc1. The zero-order valence-corrected chi connectivity index (χ0v) is 9.15. The summed E-state index contributed by atoms with van der Waals surface area (Å²) in [5.41, 5.74) is 1.48. The summed E-state index contributed by atoms with van der Waals surface area (Å²) < 4.78 is 0. The number of hydrogen-bond donors (Lipinski definition) is 0. The van der Waals surface area contributed by atoms with Gasteiger partial charge in [-0.25, -0.2) is 0 Å². The first kappa shape index (κ1) is 10.6. The van der Waals surface area contributed by atoms with Gasteiger partial charge in [-0.05, 0) is 36.8 Å². The molecular formula is C12H18S. The molecule has 0 fully saturated rings. The highest BCUT2D eigenvalue weighted by Crippen LogP contribution is 2.07. The molecule has 1 rings (SSSR count). The van der Waals surface area contributed by atoms with E-state index >= 15 is 0 Å². The molecule has 1 aromatic rings. The summed E-state index contributed by atoms with van der Waals surface area (Å²) in [5.74, 6) is 1.31. The van der Waals surface area contributed by atoms with E-state index in [9.17, 15) is 0 Å². The van der Waals surface area contributed by atoms with Crippen molar-refractivity contribution in [3.05, 3.63) is 35.9 Å². The highest BCUT2D eigenvalue weighted by molar-refractivity contribution is 7.98. The van der Waals surface area contributed by atoms with Gasteiger partial charge in [0.2, 0.25) is 0 Å². The molecule has 0 saturated heterocycles. The second-order valence-corrected chi connectivity index (χ2v) is 4.27. The molecule has 0 atom stereocenters. The molecule has 1 aromatic carbocycles. The number of thioether (sulfide) groups is 1. The average Bonchev–Trinajstić information content (AvgIpc) is 2.19. The lowest BCUT2D eigenvalue weighted by Gasteiger charge is -2.00. The number of rotatable bonds is 6. The van der Waals surface area contributed by atoms with Crippen molar-refractivity contribution >= 4 is 11.8 Å². The number of benzene rings is 1. The molecule has 0 spiro atoms. The van der Waals surface area contributed by atoms with E-state index in [0.29, 0.717) is 0 Å². The van der Waals surface area contributed by atoms with Crippen LogP contribution in [0.1, 0.15) is 24.8 Å². The smallest absolute Gasteiger partial charge is 0.00703 e. The van der Waals surface area contributed by atoms with Gasteiger partial charge in [0, 0.05) is 0 Å². The van der Waals surface area contributed by atoms with Crippen LogP contribution in [-0.2, 0) is 6.42 Å². The highest BCUT2D eigenvalue weighted by atomic mass is 32.2. The van der Waals surface area contributed by atoms with E-state index in [1.807, 2.05) is 11.8 Å². The van der Waals surface area contributed by atoms with Crippen molar-refractivity contribution in [1.82, 2.24) is 0 Å². The Morgan fingerprint density at radius 1 is 1.00 bits per heavy atom. The van der Waals surface area contributed by atoms with Crippen LogP contribution in [-0.4, -0.2) is 12.0 Å². The molecule has 13 heavy (non-hydrogen) atoms. The second kappa shape index (κ2) is 7.02. The fraction of sp³-hybridized carbons (Fsp3) is 0.500. The predicted octanol–water partition coefficient (Wildman–Crippen LogP) is 3.76. The van der Waals surface area contributed by atoms with Crippen LogP contribution < -0.4 is 0 Å². The molecule has 0 amide bonds. The first-order chi connectivity index (χ1) is 6.43. The normalized spacial score (nSPS) is 10.2. The van der Waals surface area contributed by atoms with E-state index in [2.05, 4.69) is 36.6 Å². The van der Waals surface area contributed by atoms with Crippen LogP contribution in [0.3, 0.4) is 0 Å². The molecule has 0 saturated carbocycles. The summed E-state index contributed by atoms with van der Waals surface area (Å²) in [6.07, 6.45) is 7.50. The maximum atomic E-state index is 2.22. The van der Waals surface area contributed by atoms with Gasteiger partial charge in [-0.15, -0.1) is 0 Å². The van der Waals surface area contributed by atoms with Crippen LogP contribution in [0.25, 0.3) is 0 Å². The second-order valence-electron chi connectivity index (χ2n) is 3.29. The fourth-order valence-electron chi connectivity index (χ4n) is 1.40. The molecule has 0 radical (unpaired) electrons. The first-order valence-electron chi connectivity index (χ1n) is 4.96. The lowest BCUT2D eigenvalue weighted by atomic mass is 10.1. The van der Waals surface area contributed by atoms with E-state index < -0.39 is 0 Å². The lowest BCUT2D eigenvalue weighted by molar-refractivity contribution is 0.722. The molecule has 0 aliphatic heterocycles. The van der Waals surface area contributed by atoms with Gasteiger partial charge in [-0.2, -0.15) is 11.8 Å². The van der Waals surface area contributed by atoms with Gasteiger partial charge in [-0.1, -0.05) is 36.8 Å². The number of aryl methyl sites for hydroxylation is 1. The van der Waals surface area contributed by atoms with E-state index in [1.165, 1.54) is 37.0 Å². The molecule has 0 heterocycles. The van der Waals surface area contributed by atoms with Crippen molar-refractivity contribution in [2.45, 2.75) is 25.7 Å². The molecule has 0 aliphatic carbocycles. The van der Waals surface area contributed by atoms with E-state index in [-0.39, 0.29) is 0 Å². The molecular weight excluding hydrogens is 176 g/mol. The zero-order chi connectivity index (χ0) is 9.36. The predicted molar refractivity (Wildman–Crippen MR) is 62.4 cm³/mol. The molecule has 72 valence electrons. The third kappa shape index (κ3) is 4.99. The van der Waals surface area contributed by atoms with Gasteiger partial charge >= 0.3 is 0 Å². The maximum absolute atomic E-state index is 2.22. The number of hydrogen-bond acceptors (Lipinski definition) is 1. The number of unbranched alkanes of at least 4 members (excludes halogenated alkanes) is 2. The average molecular weight is 194 g/mol. The molecule has 0 aliphatic rings. The Balaban J connectivity index is 2.07. The van der Waals surface area contributed by atoms with Crippen LogP contribution in [0.5, 0.6) is 0 Å². The molecule has 0 aromatic heterocycles. The topological polar surface area (TPSA) is 0 Å². The van der Waals surface area contributed by atoms with Gasteiger partial charge in [0.25, 0.3) is 0 Å². The van der Waals surface area contributed by atoms with Gasteiger partial charge < -0.3 is 0 Å². The third-order valence-corrected chi connectivity index (χ3v) is 2.85. The summed E-state index contributed by atoms with van der Waals surface area (Å²) in [4.78, 5) is 0. The zero-order valence-electron chi connectivity index (χ0n) is 8.33. The minimum atomic E-state index is 1.25. The maximum Gasteiger partial charge on any atom is -0.00703 e. The quantitative estimate of drug-likeness (QED) is 0.621. The van der Waals surface area contributed by atoms with Crippen LogP contribution in [0.2, 0.25) is 0 Å². The van der Waals surface area contributed by atoms with Crippen molar-refractivity contribution in [3.8, 4) is 0 Å². The molecule has 0 N–H and O–H groups in total. The fourth-order valence-corrected chi connectivity index (χ4v) is 1.89. The Hall–Kier alpha value is -0.430. The standard InChI is InChI=1S/C12H18S/c1-13-11-7-3-6-10-12-8-4-2-5-9-12/h2,4-5,8-9H,3,6-7,10-11H2,1H3. The summed E-state index contributed by atoms with van der Waals surface area (Å²) in [7, 11) is 0. The molecule has 0 unspecified atom stereocenters. The molecule has 0 nitrogen and oxygen atoms in total. The molecule has 1 heteroatoms. The lowest BCUT2D eigenvalue weighted by Crippen LogP contribution is -1.86. The third-order valence-electron chi connectivity index (χ3n) is 2.16.